The minimum absolute atomic E-state index is 0.494. The first kappa shape index (κ1) is 29.9. The average molecular weight is 475 g/mol. The largest absolute Gasteiger partial charge is 0.383 e. The van der Waals surface area contributed by atoms with Gasteiger partial charge in [-0.2, -0.15) is 0 Å². The summed E-state index contributed by atoms with van der Waals surface area (Å²) in [4.78, 5) is 10.7. The summed E-state index contributed by atoms with van der Waals surface area (Å²) in [6, 6.07) is 12.2. The van der Waals surface area contributed by atoms with Gasteiger partial charge in [-0.3, -0.25) is 4.99 Å². The number of hydrogen-bond donors (Lipinski definition) is 1. The van der Waals surface area contributed by atoms with E-state index < -0.39 is 0 Å². The van der Waals surface area contributed by atoms with Crippen LogP contribution >= 0.6 is 0 Å². The third-order valence-corrected chi connectivity index (χ3v) is 5.82. The first-order chi connectivity index (χ1) is 16.9. The van der Waals surface area contributed by atoms with Gasteiger partial charge in [-0.15, -0.1) is 0 Å². The Morgan fingerprint density at radius 3 is 2.26 bits per heavy atom. The Balaban J connectivity index is 0.000000574. The number of rotatable bonds is 6. The molecule has 2 aromatic rings. The van der Waals surface area contributed by atoms with Crippen LogP contribution in [-0.2, 0) is 0 Å². The molecule has 0 bridgehead atoms. The quantitative estimate of drug-likeness (QED) is 0.339. The molecule has 1 aromatic heterocycles. The summed E-state index contributed by atoms with van der Waals surface area (Å²) in [7, 11) is 5.73. The molecule has 1 saturated carbocycles. The van der Waals surface area contributed by atoms with Crippen LogP contribution in [-0.4, -0.2) is 37.2 Å². The lowest BCUT2D eigenvalue weighted by atomic mass is 9.91. The molecule has 2 N–H and O–H groups in total. The Labute approximate surface area is 214 Å². The van der Waals surface area contributed by atoms with Gasteiger partial charge in [0.15, 0.2) is 0 Å². The molecular weight excluding hydrogens is 428 g/mol. The SMILES string of the molecule is C=C/C(=C\N(C)C)c1cccc(-c2ccc(/C(C=NC)=C/C)c(N)n2)c1.CC.CC1CCCCC1. The van der Waals surface area contributed by atoms with Crippen LogP contribution in [0.2, 0.25) is 0 Å². The molecule has 1 fully saturated rings. The molecule has 1 aromatic carbocycles. The number of nitrogens with zero attached hydrogens (tertiary/aromatic N) is 3. The second-order valence-corrected chi connectivity index (χ2v) is 8.84. The number of aliphatic imine (C=N–C) groups is 1. The number of aromatic nitrogens is 1. The molecule has 0 spiro atoms. The number of allylic oxidation sites excluding steroid dienone is 4. The van der Waals surface area contributed by atoms with Crippen molar-refractivity contribution >= 4 is 23.2 Å². The Hall–Kier alpha value is -3.14. The predicted molar refractivity (Wildman–Crippen MR) is 158 cm³/mol. The number of benzene rings is 1. The smallest absolute Gasteiger partial charge is 0.132 e. The van der Waals surface area contributed by atoms with Crippen molar-refractivity contribution in [3.05, 3.63) is 72.5 Å². The number of nitrogen functional groups attached to an aromatic ring is 1. The van der Waals surface area contributed by atoms with Crippen molar-refractivity contribution in [1.29, 1.82) is 0 Å². The molecule has 4 nitrogen and oxygen atoms in total. The van der Waals surface area contributed by atoms with Gasteiger partial charge in [0.1, 0.15) is 5.82 Å². The summed E-state index contributed by atoms with van der Waals surface area (Å²) in [5.41, 5.74) is 12.0. The molecule has 0 amide bonds. The Kier molecular flexibility index (Phi) is 14.1. The topological polar surface area (TPSA) is 54.5 Å². The summed E-state index contributed by atoms with van der Waals surface area (Å²) in [5, 5.41) is 0. The monoisotopic (exact) mass is 474 g/mol. The Morgan fingerprint density at radius 1 is 1.09 bits per heavy atom. The van der Waals surface area contributed by atoms with Gasteiger partial charge in [-0.1, -0.05) is 89.8 Å². The second kappa shape index (κ2) is 16.5. The van der Waals surface area contributed by atoms with Crippen LogP contribution in [0.5, 0.6) is 0 Å². The van der Waals surface area contributed by atoms with Gasteiger partial charge in [0.25, 0.3) is 0 Å². The Morgan fingerprint density at radius 2 is 1.77 bits per heavy atom. The maximum absolute atomic E-state index is 6.21. The second-order valence-electron chi connectivity index (χ2n) is 8.84. The van der Waals surface area contributed by atoms with Gasteiger partial charge in [0.2, 0.25) is 0 Å². The summed E-state index contributed by atoms with van der Waals surface area (Å²) >= 11 is 0. The van der Waals surface area contributed by atoms with Crippen molar-refractivity contribution in [3.8, 4) is 11.3 Å². The maximum Gasteiger partial charge on any atom is 0.132 e. The van der Waals surface area contributed by atoms with Crippen molar-refractivity contribution in [2.24, 2.45) is 10.9 Å². The van der Waals surface area contributed by atoms with Gasteiger partial charge in [-0.25, -0.2) is 4.98 Å². The molecule has 4 heteroatoms. The van der Waals surface area contributed by atoms with Crippen LogP contribution in [0.4, 0.5) is 5.82 Å². The van der Waals surface area contributed by atoms with Gasteiger partial charge in [0, 0.05) is 44.7 Å². The fraction of sp³-hybridized carbons (Fsp3) is 0.419. The lowest BCUT2D eigenvalue weighted by molar-refractivity contribution is 0.385. The number of hydrogen-bond acceptors (Lipinski definition) is 4. The van der Waals surface area contributed by atoms with Crippen molar-refractivity contribution in [3.63, 3.8) is 0 Å². The predicted octanol–water partition coefficient (Wildman–Crippen LogP) is 8.14. The highest BCUT2D eigenvalue weighted by Gasteiger charge is 2.09. The highest BCUT2D eigenvalue weighted by atomic mass is 15.0. The van der Waals surface area contributed by atoms with E-state index in [1.54, 1.807) is 13.3 Å². The molecule has 190 valence electrons. The van der Waals surface area contributed by atoms with E-state index in [0.717, 1.165) is 39.4 Å². The van der Waals surface area contributed by atoms with Gasteiger partial charge < -0.3 is 10.6 Å². The zero-order chi connectivity index (χ0) is 26.2. The van der Waals surface area contributed by atoms with Crippen LogP contribution < -0.4 is 5.73 Å². The minimum Gasteiger partial charge on any atom is -0.383 e. The molecule has 1 aliphatic carbocycles. The third-order valence-electron chi connectivity index (χ3n) is 5.82. The van der Waals surface area contributed by atoms with E-state index >= 15 is 0 Å². The van der Waals surface area contributed by atoms with Crippen molar-refractivity contribution < 1.29 is 0 Å². The average Bonchev–Trinajstić information content (AvgIpc) is 2.88. The zero-order valence-corrected chi connectivity index (χ0v) is 23.0. The van der Waals surface area contributed by atoms with Crippen LogP contribution in [0.1, 0.15) is 70.9 Å². The molecule has 1 aliphatic rings. The van der Waals surface area contributed by atoms with Crippen molar-refractivity contribution in [1.82, 2.24) is 9.88 Å². The molecule has 35 heavy (non-hydrogen) atoms. The normalized spacial score (nSPS) is 14.5. The van der Waals surface area contributed by atoms with Gasteiger partial charge >= 0.3 is 0 Å². The number of nitrogens with two attached hydrogens (primary N) is 1. The van der Waals surface area contributed by atoms with E-state index in [0.29, 0.717) is 5.82 Å². The molecule has 0 unspecified atom stereocenters. The minimum atomic E-state index is 0.494. The van der Waals surface area contributed by atoms with Crippen molar-refractivity contribution in [2.45, 2.75) is 59.8 Å². The summed E-state index contributed by atoms with van der Waals surface area (Å²) in [5.74, 6) is 1.53. The van der Waals surface area contributed by atoms with E-state index in [2.05, 4.69) is 35.6 Å². The van der Waals surface area contributed by atoms with Crippen LogP contribution in [0.3, 0.4) is 0 Å². The lowest BCUT2D eigenvalue weighted by Crippen LogP contribution is -2.02. The molecule has 1 heterocycles. The van der Waals surface area contributed by atoms with Crippen molar-refractivity contribution in [2.75, 3.05) is 26.9 Å². The van der Waals surface area contributed by atoms with E-state index in [-0.39, 0.29) is 0 Å². The molecule has 3 rings (SSSR count). The molecule has 0 atom stereocenters. The molecule has 0 aliphatic heterocycles. The highest BCUT2D eigenvalue weighted by molar-refractivity contribution is 6.11. The van der Waals surface area contributed by atoms with Crippen LogP contribution in [0.15, 0.2) is 66.3 Å². The fourth-order valence-electron chi connectivity index (χ4n) is 4.01. The van der Waals surface area contributed by atoms with Crippen LogP contribution in [0, 0.1) is 5.92 Å². The molecule has 0 radical (unpaired) electrons. The summed E-state index contributed by atoms with van der Waals surface area (Å²) in [6.07, 6.45) is 15.1. The maximum atomic E-state index is 6.21. The van der Waals surface area contributed by atoms with E-state index in [4.69, 9.17) is 5.73 Å². The van der Waals surface area contributed by atoms with E-state index in [1.807, 2.05) is 82.4 Å². The molecular formula is C31H46N4. The third kappa shape index (κ3) is 9.94. The summed E-state index contributed by atoms with van der Waals surface area (Å²) < 4.78 is 0. The fourth-order valence-corrected chi connectivity index (χ4v) is 4.01. The van der Waals surface area contributed by atoms with E-state index in [9.17, 15) is 0 Å². The van der Waals surface area contributed by atoms with Gasteiger partial charge in [-0.05, 0) is 47.8 Å². The zero-order valence-electron chi connectivity index (χ0n) is 23.0. The molecule has 0 saturated heterocycles. The highest BCUT2D eigenvalue weighted by Crippen LogP contribution is 2.27. The number of anilines is 1. The number of pyridine rings is 1. The lowest BCUT2D eigenvalue weighted by Gasteiger charge is -2.15. The first-order valence-electron chi connectivity index (χ1n) is 12.9. The van der Waals surface area contributed by atoms with Crippen LogP contribution in [0.25, 0.3) is 22.4 Å². The Bertz CT molecular complexity index is 993. The summed E-state index contributed by atoms with van der Waals surface area (Å²) in [6.45, 7) is 12.2. The standard InChI is InChI=1S/C22H26N4.C7H14.C2H6/c1-6-16(14-24-3)20-11-12-21(25-22(20)23)19-10-8-9-18(13-19)17(7-2)15-26(4)5;1-7-5-3-2-4-6-7;1-2/h6-15H,2H2,1,3-5H3,(H2,23,25);7H,2-6H2,1H3;1-2H3/b16-6+,17-15+,24-14?;;. The first-order valence-corrected chi connectivity index (χ1v) is 12.9. The van der Waals surface area contributed by atoms with Gasteiger partial charge in [0.05, 0.1) is 5.69 Å². The van der Waals surface area contributed by atoms with E-state index in [1.165, 1.54) is 32.1 Å².